The van der Waals surface area contributed by atoms with E-state index in [2.05, 4.69) is 43.2 Å². The van der Waals surface area contributed by atoms with E-state index < -0.39 is 5.54 Å². The number of nitrogens with zero attached hydrogens (tertiary/aromatic N) is 2. The van der Waals surface area contributed by atoms with Crippen molar-refractivity contribution in [2.75, 3.05) is 54.4 Å². The number of carbonyl (C=O) groups is 1. The Labute approximate surface area is 124 Å². The van der Waals surface area contributed by atoms with Crippen LogP contribution in [0.3, 0.4) is 0 Å². The number of methoxy groups -OCH3 is 1. The molecule has 1 N–H and O–H groups in total. The highest BCUT2D eigenvalue weighted by atomic mass is 16.5. The Morgan fingerprint density at radius 2 is 1.85 bits per heavy atom. The molecule has 0 aliphatic rings. The molecule has 0 saturated carbocycles. The van der Waals surface area contributed by atoms with Gasteiger partial charge in [-0.25, -0.2) is 0 Å². The smallest absolute Gasteiger partial charge is 0.325 e. The molecule has 0 aliphatic heterocycles. The molecular formula is C15H33N3O2. The highest BCUT2D eigenvalue weighted by molar-refractivity contribution is 5.80. The van der Waals surface area contributed by atoms with Gasteiger partial charge < -0.3 is 19.9 Å². The summed E-state index contributed by atoms with van der Waals surface area (Å²) in [5.74, 6) is -0.173. The van der Waals surface area contributed by atoms with Gasteiger partial charge in [0.2, 0.25) is 0 Å². The van der Waals surface area contributed by atoms with E-state index in [0.29, 0.717) is 0 Å². The normalized spacial score (nSPS) is 14.6. The van der Waals surface area contributed by atoms with Gasteiger partial charge in [0.05, 0.1) is 7.11 Å². The van der Waals surface area contributed by atoms with E-state index in [1.54, 1.807) is 0 Å². The van der Waals surface area contributed by atoms with Crippen LogP contribution in [0.2, 0.25) is 0 Å². The lowest BCUT2D eigenvalue weighted by Gasteiger charge is -2.30. The molecule has 1 atom stereocenters. The number of hydrogen-bond donors (Lipinski definition) is 1. The molecule has 0 aromatic heterocycles. The molecule has 0 radical (unpaired) electrons. The second-order valence-electron chi connectivity index (χ2n) is 5.96. The minimum Gasteiger partial charge on any atom is -0.468 e. The lowest BCUT2D eigenvalue weighted by Crippen LogP contribution is -2.52. The number of carbonyl (C=O) groups excluding carboxylic acids is 1. The van der Waals surface area contributed by atoms with Gasteiger partial charge in [0.25, 0.3) is 0 Å². The van der Waals surface area contributed by atoms with Crippen LogP contribution in [0.4, 0.5) is 0 Å². The first kappa shape index (κ1) is 19.4. The van der Waals surface area contributed by atoms with E-state index in [0.717, 1.165) is 45.4 Å². The van der Waals surface area contributed by atoms with Gasteiger partial charge in [0, 0.05) is 6.54 Å². The Bertz CT molecular complexity index is 272. The highest BCUT2D eigenvalue weighted by Crippen LogP contribution is 2.13. The Morgan fingerprint density at radius 1 is 1.20 bits per heavy atom. The van der Waals surface area contributed by atoms with Crippen LogP contribution in [0.1, 0.15) is 33.1 Å². The molecule has 1 unspecified atom stereocenters. The predicted octanol–water partition coefficient (Wildman–Crippen LogP) is 1.19. The van der Waals surface area contributed by atoms with Gasteiger partial charge in [-0.05, 0) is 67.0 Å². The van der Waals surface area contributed by atoms with Gasteiger partial charge in [0.1, 0.15) is 5.54 Å². The van der Waals surface area contributed by atoms with Crippen molar-refractivity contribution in [2.45, 2.75) is 38.6 Å². The molecular weight excluding hydrogens is 254 g/mol. The summed E-state index contributed by atoms with van der Waals surface area (Å²) in [7, 11) is 7.73. The number of hydrogen-bond acceptors (Lipinski definition) is 5. The summed E-state index contributed by atoms with van der Waals surface area (Å²) in [6.07, 6.45) is 2.91. The molecule has 0 aromatic carbocycles. The van der Waals surface area contributed by atoms with E-state index in [1.807, 2.05) is 6.92 Å². The average molecular weight is 287 g/mol. The van der Waals surface area contributed by atoms with E-state index in [1.165, 1.54) is 7.11 Å². The molecule has 0 aliphatic carbocycles. The van der Waals surface area contributed by atoms with Crippen molar-refractivity contribution in [3.05, 3.63) is 0 Å². The summed E-state index contributed by atoms with van der Waals surface area (Å²) < 4.78 is 4.93. The van der Waals surface area contributed by atoms with E-state index in [9.17, 15) is 4.79 Å². The van der Waals surface area contributed by atoms with Crippen LogP contribution in [0.5, 0.6) is 0 Å². The third-order valence-corrected chi connectivity index (χ3v) is 3.54. The van der Waals surface area contributed by atoms with Gasteiger partial charge >= 0.3 is 5.97 Å². The quantitative estimate of drug-likeness (QED) is 0.578. The van der Waals surface area contributed by atoms with Crippen LogP contribution in [-0.2, 0) is 9.53 Å². The second kappa shape index (κ2) is 10.1. The maximum absolute atomic E-state index is 11.9. The minimum absolute atomic E-state index is 0.173. The molecule has 20 heavy (non-hydrogen) atoms. The topological polar surface area (TPSA) is 44.8 Å². The minimum atomic E-state index is -0.583. The van der Waals surface area contributed by atoms with E-state index in [-0.39, 0.29) is 5.97 Å². The van der Waals surface area contributed by atoms with E-state index >= 15 is 0 Å². The SMILES string of the molecule is CCCNC(C)(CCN(C)CCCN(C)C)C(=O)OC. The summed E-state index contributed by atoms with van der Waals surface area (Å²) in [5, 5.41) is 3.32. The first-order valence-corrected chi connectivity index (χ1v) is 7.52. The van der Waals surface area contributed by atoms with Gasteiger partial charge in [0.15, 0.2) is 0 Å². The lowest BCUT2D eigenvalue weighted by atomic mass is 9.97. The van der Waals surface area contributed by atoms with Gasteiger partial charge in [-0.2, -0.15) is 0 Å². The number of rotatable bonds is 11. The molecule has 5 heteroatoms. The summed E-state index contributed by atoms with van der Waals surface area (Å²) in [6, 6.07) is 0. The largest absolute Gasteiger partial charge is 0.468 e. The van der Waals surface area contributed by atoms with Crippen LogP contribution >= 0.6 is 0 Å². The molecule has 0 fully saturated rings. The summed E-state index contributed by atoms with van der Waals surface area (Å²) in [4.78, 5) is 16.4. The average Bonchev–Trinajstić information content (AvgIpc) is 2.41. The second-order valence-corrected chi connectivity index (χ2v) is 5.96. The van der Waals surface area contributed by atoms with Crippen LogP contribution in [0.15, 0.2) is 0 Å². The monoisotopic (exact) mass is 287 g/mol. The lowest BCUT2D eigenvalue weighted by molar-refractivity contribution is -0.148. The van der Waals surface area contributed by atoms with Crippen molar-refractivity contribution < 1.29 is 9.53 Å². The molecule has 0 rings (SSSR count). The Morgan fingerprint density at radius 3 is 2.35 bits per heavy atom. The summed E-state index contributed by atoms with van der Waals surface area (Å²) in [6.45, 7) is 7.88. The zero-order valence-electron chi connectivity index (χ0n) is 14.2. The van der Waals surface area contributed by atoms with Crippen LogP contribution in [0, 0.1) is 0 Å². The number of ether oxygens (including phenoxy) is 1. The summed E-state index contributed by atoms with van der Waals surface area (Å²) in [5.41, 5.74) is -0.583. The fourth-order valence-electron chi connectivity index (χ4n) is 2.07. The third kappa shape index (κ3) is 7.82. The van der Waals surface area contributed by atoms with Crippen LogP contribution in [-0.4, -0.2) is 75.7 Å². The predicted molar refractivity (Wildman–Crippen MR) is 84.0 cm³/mol. The van der Waals surface area contributed by atoms with Crippen molar-refractivity contribution >= 4 is 5.97 Å². The molecule has 0 saturated heterocycles. The molecule has 0 spiro atoms. The Balaban J connectivity index is 4.21. The van der Waals surface area contributed by atoms with Crippen LogP contribution in [0.25, 0.3) is 0 Å². The highest BCUT2D eigenvalue weighted by Gasteiger charge is 2.33. The zero-order valence-corrected chi connectivity index (χ0v) is 14.2. The summed E-state index contributed by atoms with van der Waals surface area (Å²) >= 11 is 0. The first-order chi connectivity index (χ1) is 9.35. The van der Waals surface area contributed by atoms with Gasteiger partial charge in [-0.1, -0.05) is 6.92 Å². The first-order valence-electron chi connectivity index (χ1n) is 7.52. The number of nitrogens with one attached hydrogen (secondary N) is 1. The Kier molecular flexibility index (Phi) is 9.80. The van der Waals surface area contributed by atoms with Crippen molar-refractivity contribution in [2.24, 2.45) is 0 Å². The maximum Gasteiger partial charge on any atom is 0.325 e. The number of esters is 1. The van der Waals surface area contributed by atoms with Crippen molar-refractivity contribution in [1.29, 1.82) is 0 Å². The standard InChI is InChI=1S/C15H33N3O2/c1-7-10-16-15(2,14(19)20-6)9-13-18(5)12-8-11-17(3)4/h16H,7-13H2,1-6H3. The Hall–Kier alpha value is -0.650. The molecule has 0 aromatic rings. The van der Waals surface area contributed by atoms with Gasteiger partial charge in [-0.15, -0.1) is 0 Å². The van der Waals surface area contributed by atoms with Crippen molar-refractivity contribution in [1.82, 2.24) is 15.1 Å². The van der Waals surface area contributed by atoms with Crippen molar-refractivity contribution in [3.63, 3.8) is 0 Å². The molecule has 0 bridgehead atoms. The zero-order chi connectivity index (χ0) is 15.6. The van der Waals surface area contributed by atoms with Crippen LogP contribution < -0.4 is 5.32 Å². The van der Waals surface area contributed by atoms with Gasteiger partial charge in [-0.3, -0.25) is 4.79 Å². The fraction of sp³-hybridized carbons (Fsp3) is 0.933. The third-order valence-electron chi connectivity index (χ3n) is 3.54. The van der Waals surface area contributed by atoms with Crippen molar-refractivity contribution in [3.8, 4) is 0 Å². The molecule has 120 valence electrons. The fourth-order valence-corrected chi connectivity index (χ4v) is 2.07. The molecule has 5 nitrogen and oxygen atoms in total. The van der Waals surface area contributed by atoms with E-state index in [4.69, 9.17) is 4.74 Å². The molecule has 0 heterocycles. The maximum atomic E-state index is 11.9. The molecule has 0 amide bonds.